The second-order valence-corrected chi connectivity index (χ2v) is 5.60. The predicted octanol–water partition coefficient (Wildman–Crippen LogP) is 2.90. The lowest BCUT2D eigenvalue weighted by Gasteiger charge is -2.13. The number of benzene rings is 2. The SMILES string of the molecule is CCc1ccc(OC(C)C(=O)NN=Cc2ccc3c(c2)OCO3)cc1. The van der Waals surface area contributed by atoms with Gasteiger partial charge in [0.2, 0.25) is 6.79 Å². The van der Waals surface area contributed by atoms with Gasteiger partial charge in [0.15, 0.2) is 17.6 Å². The van der Waals surface area contributed by atoms with E-state index in [-0.39, 0.29) is 12.7 Å². The summed E-state index contributed by atoms with van der Waals surface area (Å²) in [5.74, 6) is 1.70. The van der Waals surface area contributed by atoms with Crippen molar-refractivity contribution in [3.63, 3.8) is 0 Å². The minimum atomic E-state index is -0.651. The molecule has 1 N–H and O–H groups in total. The summed E-state index contributed by atoms with van der Waals surface area (Å²) in [6.45, 7) is 3.99. The summed E-state index contributed by atoms with van der Waals surface area (Å²) in [7, 11) is 0. The van der Waals surface area contributed by atoms with Gasteiger partial charge in [-0.25, -0.2) is 5.43 Å². The molecule has 0 aromatic heterocycles. The largest absolute Gasteiger partial charge is 0.481 e. The molecule has 130 valence electrons. The van der Waals surface area contributed by atoms with E-state index in [1.165, 1.54) is 5.56 Å². The Kier molecular flexibility index (Phi) is 5.18. The summed E-state index contributed by atoms with van der Waals surface area (Å²) >= 11 is 0. The van der Waals surface area contributed by atoms with E-state index < -0.39 is 6.10 Å². The third-order valence-electron chi connectivity index (χ3n) is 3.80. The molecule has 1 unspecified atom stereocenters. The van der Waals surface area contributed by atoms with Crippen LogP contribution in [-0.4, -0.2) is 25.0 Å². The van der Waals surface area contributed by atoms with E-state index in [9.17, 15) is 4.79 Å². The van der Waals surface area contributed by atoms with E-state index in [1.807, 2.05) is 30.3 Å². The molecule has 2 aromatic carbocycles. The third kappa shape index (κ3) is 4.29. The number of amides is 1. The van der Waals surface area contributed by atoms with Crippen molar-refractivity contribution in [3.8, 4) is 17.2 Å². The number of hydrogen-bond acceptors (Lipinski definition) is 5. The van der Waals surface area contributed by atoms with Gasteiger partial charge in [0, 0.05) is 0 Å². The van der Waals surface area contributed by atoms with E-state index in [1.54, 1.807) is 25.3 Å². The van der Waals surface area contributed by atoms with Gasteiger partial charge in [0.1, 0.15) is 5.75 Å². The Bertz CT molecular complexity index is 771. The van der Waals surface area contributed by atoms with Gasteiger partial charge in [-0.15, -0.1) is 0 Å². The summed E-state index contributed by atoms with van der Waals surface area (Å²) in [4.78, 5) is 12.1. The first-order valence-electron chi connectivity index (χ1n) is 8.14. The molecule has 2 aromatic rings. The first-order chi connectivity index (χ1) is 12.2. The molecule has 6 heteroatoms. The second kappa shape index (κ2) is 7.70. The molecule has 0 bridgehead atoms. The average Bonchev–Trinajstić information content (AvgIpc) is 3.10. The zero-order chi connectivity index (χ0) is 17.6. The first kappa shape index (κ1) is 16.8. The summed E-state index contributed by atoms with van der Waals surface area (Å²) in [5.41, 5.74) is 4.49. The Morgan fingerprint density at radius 1 is 1.24 bits per heavy atom. The number of rotatable bonds is 6. The van der Waals surface area contributed by atoms with Crippen molar-refractivity contribution in [1.29, 1.82) is 0 Å². The van der Waals surface area contributed by atoms with Gasteiger partial charge in [-0.05, 0) is 54.8 Å². The molecule has 0 spiro atoms. The number of ether oxygens (including phenoxy) is 3. The van der Waals surface area contributed by atoms with Crippen LogP contribution in [0, 0.1) is 0 Å². The molecule has 1 amide bonds. The van der Waals surface area contributed by atoms with Crippen molar-refractivity contribution in [3.05, 3.63) is 53.6 Å². The fraction of sp³-hybridized carbons (Fsp3) is 0.263. The van der Waals surface area contributed by atoms with E-state index in [2.05, 4.69) is 17.5 Å². The van der Waals surface area contributed by atoms with Gasteiger partial charge >= 0.3 is 0 Å². The molecule has 1 atom stereocenters. The molecule has 1 heterocycles. The van der Waals surface area contributed by atoms with Crippen LogP contribution in [0.1, 0.15) is 25.0 Å². The zero-order valence-electron chi connectivity index (χ0n) is 14.2. The molecular formula is C19H20N2O4. The van der Waals surface area contributed by atoms with Crippen LogP contribution >= 0.6 is 0 Å². The van der Waals surface area contributed by atoms with Crippen LogP contribution in [0.25, 0.3) is 0 Å². The van der Waals surface area contributed by atoms with E-state index in [0.29, 0.717) is 17.2 Å². The Morgan fingerprint density at radius 2 is 2.00 bits per heavy atom. The summed E-state index contributed by atoms with van der Waals surface area (Å²) in [6.07, 6.45) is 1.86. The number of hydrogen-bond donors (Lipinski definition) is 1. The number of nitrogens with zero attached hydrogens (tertiary/aromatic N) is 1. The molecule has 6 nitrogen and oxygen atoms in total. The van der Waals surface area contributed by atoms with Crippen LogP contribution < -0.4 is 19.6 Å². The number of hydrazone groups is 1. The minimum absolute atomic E-state index is 0.223. The van der Waals surface area contributed by atoms with Crippen LogP contribution in [0.4, 0.5) is 0 Å². The van der Waals surface area contributed by atoms with E-state index in [0.717, 1.165) is 12.0 Å². The number of aryl methyl sites for hydroxylation is 1. The third-order valence-corrected chi connectivity index (χ3v) is 3.80. The monoisotopic (exact) mass is 340 g/mol. The highest BCUT2D eigenvalue weighted by molar-refractivity contribution is 5.85. The number of fused-ring (bicyclic) bond motifs is 1. The minimum Gasteiger partial charge on any atom is -0.481 e. The second-order valence-electron chi connectivity index (χ2n) is 5.60. The van der Waals surface area contributed by atoms with Gasteiger partial charge in [0.05, 0.1) is 6.21 Å². The summed E-state index contributed by atoms with van der Waals surface area (Å²) in [6, 6.07) is 13.1. The molecule has 0 fully saturated rings. The summed E-state index contributed by atoms with van der Waals surface area (Å²) in [5, 5.41) is 3.96. The van der Waals surface area contributed by atoms with Crippen molar-refractivity contribution in [2.45, 2.75) is 26.4 Å². The maximum absolute atomic E-state index is 12.1. The van der Waals surface area contributed by atoms with Crippen LogP contribution in [0.2, 0.25) is 0 Å². The van der Waals surface area contributed by atoms with Crippen LogP contribution in [0.5, 0.6) is 17.2 Å². The lowest BCUT2D eigenvalue weighted by molar-refractivity contribution is -0.127. The number of carbonyl (C=O) groups is 1. The maximum atomic E-state index is 12.1. The van der Waals surface area contributed by atoms with Crippen molar-refractivity contribution in [2.75, 3.05) is 6.79 Å². The normalized spacial score (nSPS) is 13.7. The first-order valence-corrected chi connectivity index (χ1v) is 8.14. The smallest absolute Gasteiger partial charge is 0.280 e. The summed E-state index contributed by atoms with van der Waals surface area (Å²) < 4.78 is 16.2. The van der Waals surface area contributed by atoms with Gasteiger partial charge in [-0.1, -0.05) is 19.1 Å². The molecule has 0 saturated carbocycles. The Labute approximate surface area is 146 Å². The molecule has 1 aliphatic heterocycles. The van der Waals surface area contributed by atoms with E-state index >= 15 is 0 Å². The Balaban J connectivity index is 1.52. The van der Waals surface area contributed by atoms with Crippen molar-refractivity contribution >= 4 is 12.1 Å². The predicted molar refractivity (Wildman–Crippen MR) is 94.2 cm³/mol. The average molecular weight is 340 g/mol. The van der Waals surface area contributed by atoms with Gasteiger partial charge in [-0.2, -0.15) is 5.10 Å². The zero-order valence-corrected chi connectivity index (χ0v) is 14.2. The number of carbonyl (C=O) groups excluding carboxylic acids is 1. The lowest BCUT2D eigenvalue weighted by atomic mass is 10.2. The van der Waals surface area contributed by atoms with Gasteiger partial charge in [0.25, 0.3) is 5.91 Å². The molecule has 0 aliphatic carbocycles. The van der Waals surface area contributed by atoms with E-state index in [4.69, 9.17) is 14.2 Å². The molecule has 25 heavy (non-hydrogen) atoms. The highest BCUT2D eigenvalue weighted by Gasteiger charge is 2.14. The highest BCUT2D eigenvalue weighted by atomic mass is 16.7. The topological polar surface area (TPSA) is 69.2 Å². The fourth-order valence-corrected chi connectivity index (χ4v) is 2.32. The van der Waals surface area contributed by atoms with Crippen molar-refractivity contribution in [1.82, 2.24) is 5.43 Å². The number of nitrogens with one attached hydrogen (secondary N) is 1. The van der Waals surface area contributed by atoms with Crippen LogP contribution in [-0.2, 0) is 11.2 Å². The molecular weight excluding hydrogens is 320 g/mol. The Morgan fingerprint density at radius 3 is 2.76 bits per heavy atom. The molecule has 3 rings (SSSR count). The van der Waals surface area contributed by atoms with Gasteiger partial charge < -0.3 is 14.2 Å². The van der Waals surface area contributed by atoms with Crippen molar-refractivity contribution < 1.29 is 19.0 Å². The van der Waals surface area contributed by atoms with Gasteiger partial charge in [-0.3, -0.25) is 4.79 Å². The van der Waals surface area contributed by atoms with Crippen LogP contribution in [0.15, 0.2) is 47.6 Å². The Hall–Kier alpha value is -3.02. The maximum Gasteiger partial charge on any atom is 0.280 e. The molecule has 1 aliphatic rings. The van der Waals surface area contributed by atoms with Crippen molar-refractivity contribution in [2.24, 2.45) is 5.10 Å². The van der Waals surface area contributed by atoms with Crippen LogP contribution in [0.3, 0.4) is 0 Å². The fourth-order valence-electron chi connectivity index (χ4n) is 2.32. The lowest BCUT2D eigenvalue weighted by Crippen LogP contribution is -2.33. The quantitative estimate of drug-likeness (QED) is 0.648. The molecule has 0 saturated heterocycles. The molecule has 0 radical (unpaired) electrons. The standard InChI is InChI=1S/C19H20N2O4/c1-3-14-4-7-16(8-5-14)25-13(2)19(22)21-20-11-15-6-9-17-18(10-15)24-12-23-17/h4-11,13H,3,12H2,1-2H3,(H,21,22). The highest BCUT2D eigenvalue weighted by Crippen LogP contribution is 2.31.